The molecule has 0 bridgehead atoms. The fourth-order valence-electron chi connectivity index (χ4n) is 3.13. The Morgan fingerprint density at radius 1 is 1.32 bits per heavy atom. The number of hydrogen-bond donors (Lipinski definition) is 1. The molecule has 1 amide bonds. The summed E-state index contributed by atoms with van der Waals surface area (Å²) < 4.78 is 34.0. The lowest BCUT2D eigenvalue weighted by Gasteiger charge is -2.25. The lowest BCUT2D eigenvalue weighted by atomic mass is 9.95. The highest BCUT2D eigenvalue weighted by Gasteiger charge is 2.30. The molecule has 0 aliphatic carbocycles. The Labute approximate surface area is 186 Å². The van der Waals surface area contributed by atoms with Gasteiger partial charge in [-0.3, -0.25) is 4.79 Å². The van der Waals surface area contributed by atoms with Gasteiger partial charge in [0.2, 0.25) is 5.82 Å². The van der Waals surface area contributed by atoms with E-state index in [1.54, 1.807) is 6.92 Å². The second-order valence-electron chi connectivity index (χ2n) is 7.35. The monoisotopic (exact) mass is 465 g/mol. The number of hydrogen-bond acceptors (Lipinski definition) is 7. The first-order valence-electron chi connectivity index (χ1n) is 9.73. The summed E-state index contributed by atoms with van der Waals surface area (Å²) in [7, 11) is -3.27. The van der Waals surface area contributed by atoms with Crippen LogP contribution in [0, 0.1) is 5.92 Å². The molecule has 1 fully saturated rings. The molecule has 3 atom stereocenters. The Bertz CT molecular complexity index is 1040. The topological polar surface area (TPSA) is 107 Å². The second kappa shape index (κ2) is 10.2. The quantitative estimate of drug-likeness (QED) is 0.638. The molecule has 1 aromatic heterocycles. The van der Waals surface area contributed by atoms with Crippen LogP contribution in [0.2, 0.25) is 5.02 Å². The second-order valence-corrected chi connectivity index (χ2v) is 9.68. The number of aromatic nitrogens is 2. The molecule has 1 saturated heterocycles. The van der Waals surface area contributed by atoms with E-state index in [0.717, 1.165) is 23.6 Å². The predicted molar refractivity (Wildman–Crippen MR) is 117 cm³/mol. The highest BCUT2D eigenvalue weighted by molar-refractivity contribution is 7.93. The molecule has 0 radical (unpaired) electrons. The number of sulfone groups is 1. The molecular weight excluding hydrogens is 442 g/mol. The smallest absolute Gasteiger partial charge is 0.289 e. The highest BCUT2D eigenvalue weighted by Crippen LogP contribution is 2.36. The molecule has 1 aromatic carbocycles. The fourth-order valence-corrected chi connectivity index (χ4v) is 3.90. The average Bonchev–Trinajstić information content (AvgIpc) is 3.26. The lowest BCUT2D eigenvalue weighted by Crippen LogP contribution is -2.32. The number of halogens is 1. The van der Waals surface area contributed by atoms with Gasteiger partial charge < -0.3 is 14.8 Å². The van der Waals surface area contributed by atoms with Gasteiger partial charge in [0.1, 0.15) is 6.10 Å². The third kappa shape index (κ3) is 6.75. The van der Waals surface area contributed by atoms with Gasteiger partial charge in [0, 0.05) is 40.8 Å². The normalized spacial score (nSPS) is 18.6. The van der Waals surface area contributed by atoms with Crippen molar-refractivity contribution >= 4 is 27.3 Å². The molecule has 3 rings (SSSR count). The van der Waals surface area contributed by atoms with Crippen LogP contribution in [0.3, 0.4) is 0 Å². The summed E-state index contributed by atoms with van der Waals surface area (Å²) in [5.41, 5.74) is 0.855. The Morgan fingerprint density at radius 2 is 2.03 bits per heavy atom. The van der Waals surface area contributed by atoms with Gasteiger partial charge in [-0.2, -0.15) is 0 Å². The van der Waals surface area contributed by atoms with E-state index in [9.17, 15) is 13.2 Å². The highest BCUT2D eigenvalue weighted by atomic mass is 35.5. The number of carbonyl (C=O) groups is 1. The molecule has 2 aromatic rings. The number of rotatable bonds is 8. The van der Waals surface area contributed by atoms with Crippen LogP contribution in [-0.2, 0) is 14.6 Å². The first-order chi connectivity index (χ1) is 14.7. The molecule has 1 aliphatic rings. The van der Waals surface area contributed by atoms with Crippen LogP contribution in [0.1, 0.15) is 35.6 Å². The zero-order chi connectivity index (χ0) is 22.4. The minimum Gasteiger partial charge on any atom is -0.482 e. The van der Waals surface area contributed by atoms with E-state index in [1.807, 2.05) is 24.3 Å². The van der Waals surface area contributed by atoms with Gasteiger partial charge >= 0.3 is 0 Å². The first kappa shape index (κ1) is 23.2. The molecule has 166 valence electrons. The van der Waals surface area contributed by atoms with E-state index in [2.05, 4.69) is 15.3 Å². The number of amides is 1. The van der Waals surface area contributed by atoms with Crippen LogP contribution in [0.15, 0.2) is 48.1 Å². The van der Waals surface area contributed by atoms with Gasteiger partial charge in [-0.25, -0.2) is 18.4 Å². The summed E-state index contributed by atoms with van der Waals surface area (Å²) in [6, 6.07) is 6.98. The van der Waals surface area contributed by atoms with Gasteiger partial charge in [-0.1, -0.05) is 35.9 Å². The molecular formula is C21H24ClN3O5S. The van der Waals surface area contributed by atoms with Crippen molar-refractivity contribution in [2.45, 2.75) is 25.5 Å². The van der Waals surface area contributed by atoms with Crippen LogP contribution in [-0.4, -0.2) is 49.8 Å². The standard InChI is InChI=1S/C21H24ClN3O5S/c1-14(8-10-31(2,27)28)25-21(26)20-23-11-16(12-24-20)30-19(15-7-9-29-13-15)17-5-3-4-6-18(17)22/h3-6,8,10-12,14-15,19H,7,9,13H2,1-2H3,(H,25,26)/b10-8+/t14-,15?,19?/m1/s1. The Hall–Kier alpha value is -2.49. The zero-order valence-corrected chi connectivity index (χ0v) is 18.8. The summed E-state index contributed by atoms with van der Waals surface area (Å²) in [5.74, 6) is -0.0433. The van der Waals surface area contributed by atoms with E-state index in [1.165, 1.54) is 18.5 Å². The van der Waals surface area contributed by atoms with Gasteiger partial charge in [-0.15, -0.1) is 0 Å². The van der Waals surface area contributed by atoms with Crippen molar-refractivity contribution in [1.82, 2.24) is 15.3 Å². The maximum Gasteiger partial charge on any atom is 0.289 e. The van der Waals surface area contributed by atoms with E-state index < -0.39 is 21.8 Å². The lowest BCUT2D eigenvalue weighted by molar-refractivity contribution is 0.0935. The van der Waals surface area contributed by atoms with Crippen LogP contribution in [0.4, 0.5) is 0 Å². The van der Waals surface area contributed by atoms with Gasteiger partial charge in [0.25, 0.3) is 5.91 Å². The SMILES string of the molecule is C[C@H](/C=C/S(C)(=O)=O)NC(=O)c1ncc(OC(c2ccccc2Cl)C2CCOC2)cn1. The molecule has 2 unspecified atom stereocenters. The van der Waals surface area contributed by atoms with Crippen molar-refractivity contribution in [1.29, 1.82) is 0 Å². The van der Waals surface area contributed by atoms with Crippen molar-refractivity contribution in [3.05, 3.63) is 64.6 Å². The van der Waals surface area contributed by atoms with Crippen LogP contribution in [0.25, 0.3) is 0 Å². The van der Waals surface area contributed by atoms with E-state index in [4.69, 9.17) is 21.1 Å². The average molecular weight is 466 g/mol. The van der Waals surface area contributed by atoms with Crippen molar-refractivity contribution in [2.24, 2.45) is 5.92 Å². The number of benzene rings is 1. The third-order valence-corrected chi connectivity index (χ3v) is 5.67. The number of nitrogens with zero attached hydrogens (tertiary/aromatic N) is 2. The molecule has 8 nitrogen and oxygen atoms in total. The molecule has 1 N–H and O–H groups in total. The number of nitrogens with one attached hydrogen (secondary N) is 1. The summed E-state index contributed by atoms with van der Waals surface area (Å²) in [5, 5.41) is 4.26. The number of carbonyl (C=O) groups excluding carboxylic acids is 1. The van der Waals surface area contributed by atoms with Crippen LogP contribution >= 0.6 is 11.6 Å². The van der Waals surface area contributed by atoms with Crippen molar-refractivity contribution in [2.75, 3.05) is 19.5 Å². The van der Waals surface area contributed by atoms with E-state index in [0.29, 0.717) is 24.0 Å². The van der Waals surface area contributed by atoms with Crippen molar-refractivity contribution in [3.63, 3.8) is 0 Å². The van der Waals surface area contributed by atoms with Crippen LogP contribution in [0.5, 0.6) is 5.75 Å². The largest absolute Gasteiger partial charge is 0.482 e. The van der Waals surface area contributed by atoms with Gasteiger partial charge in [-0.05, 0) is 19.4 Å². The maximum atomic E-state index is 12.3. The molecule has 1 aliphatic heterocycles. The van der Waals surface area contributed by atoms with Crippen molar-refractivity contribution in [3.8, 4) is 5.75 Å². The summed E-state index contributed by atoms with van der Waals surface area (Å²) in [6.07, 6.45) is 5.82. The van der Waals surface area contributed by atoms with Crippen molar-refractivity contribution < 1.29 is 22.7 Å². The molecule has 0 saturated carbocycles. The summed E-state index contributed by atoms with van der Waals surface area (Å²) in [4.78, 5) is 20.5. The van der Waals surface area contributed by atoms with E-state index >= 15 is 0 Å². The molecule has 10 heteroatoms. The van der Waals surface area contributed by atoms with Gasteiger partial charge in [0.05, 0.1) is 19.0 Å². The fraction of sp³-hybridized carbons (Fsp3) is 0.381. The zero-order valence-electron chi connectivity index (χ0n) is 17.2. The minimum absolute atomic E-state index is 0.0505. The Kier molecular flexibility index (Phi) is 7.64. The summed E-state index contributed by atoms with van der Waals surface area (Å²) >= 11 is 6.38. The molecule has 31 heavy (non-hydrogen) atoms. The molecule has 2 heterocycles. The van der Waals surface area contributed by atoms with Crippen LogP contribution < -0.4 is 10.1 Å². The van der Waals surface area contributed by atoms with E-state index in [-0.39, 0.29) is 17.8 Å². The Morgan fingerprint density at radius 3 is 2.65 bits per heavy atom. The number of ether oxygens (including phenoxy) is 2. The maximum absolute atomic E-state index is 12.3. The summed E-state index contributed by atoms with van der Waals surface area (Å²) in [6.45, 7) is 2.88. The molecule has 0 spiro atoms. The third-order valence-electron chi connectivity index (χ3n) is 4.67. The predicted octanol–water partition coefficient (Wildman–Crippen LogP) is 2.96. The van der Waals surface area contributed by atoms with Gasteiger partial charge in [0.15, 0.2) is 15.6 Å². The Balaban J connectivity index is 1.70. The minimum atomic E-state index is -3.27. The first-order valence-corrected chi connectivity index (χ1v) is 12.1.